The number of hydrogen-bond donors (Lipinski definition) is 3. The minimum Gasteiger partial charge on any atom is -0.371 e. The molecular formula is C28H32Cl4N8O. The van der Waals surface area contributed by atoms with Crippen LogP contribution in [-0.2, 0) is 4.79 Å². The van der Waals surface area contributed by atoms with Crippen molar-refractivity contribution in [2.75, 3.05) is 67.2 Å². The Morgan fingerprint density at radius 3 is 2.17 bits per heavy atom. The summed E-state index contributed by atoms with van der Waals surface area (Å²) in [5, 5.41) is 10.5. The van der Waals surface area contributed by atoms with Crippen LogP contribution in [0, 0.1) is 0 Å². The van der Waals surface area contributed by atoms with Crippen LogP contribution < -0.4 is 20.9 Å². The molecule has 218 valence electrons. The lowest BCUT2D eigenvalue weighted by Gasteiger charge is -2.42. The van der Waals surface area contributed by atoms with Gasteiger partial charge in [-0.1, -0.05) is 46.4 Å². The number of carbonyl (C=O) groups is 1. The number of nitrogens with one attached hydrogen (secondary N) is 3. The molecule has 3 aromatic rings. The lowest BCUT2D eigenvalue weighted by molar-refractivity contribution is -0.114. The number of likely N-dealkylation sites (N-methyl/N-ethyl adjacent to an activating group) is 1. The Balaban J connectivity index is 1.25. The predicted octanol–water partition coefficient (Wildman–Crippen LogP) is 6.75. The van der Waals surface area contributed by atoms with Crippen LogP contribution in [-0.4, -0.2) is 78.0 Å². The molecule has 0 unspecified atom stereocenters. The maximum atomic E-state index is 11.7. The van der Waals surface area contributed by atoms with Crippen LogP contribution in [0.25, 0.3) is 0 Å². The highest BCUT2D eigenvalue weighted by molar-refractivity contribution is 6.42. The molecule has 0 aliphatic carbocycles. The third kappa shape index (κ3) is 7.46. The molecule has 5 rings (SSSR count). The number of rotatable bonds is 7. The van der Waals surface area contributed by atoms with E-state index >= 15 is 0 Å². The molecule has 3 heterocycles. The second-order valence-corrected chi connectivity index (χ2v) is 12.0. The van der Waals surface area contributed by atoms with Crippen LogP contribution in [0.2, 0.25) is 20.1 Å². The zero-order chi connectivity index (χ0) is 29.1. The number of piperazine rings is 1. The van der Waals surface area contributed by atoms with Crippen molar-refractivity contribution in [3.05, 3.63) is 56.6 Å². The van der Waals surface area contributed by atoms with Crippen molar-refractivity contribution < 1.29 is 4.79 Å². The molecule has 3 N–H and O–H groups in total. The van der Waals surface area contributed by atoms with Gasteiger partial charge in [-0.25, -0.2) is 4.98 Å². The molecule has 2 saturated heterocycles. The molecule has 1 aromatic heterocycles. The molecule has 13 heteroatoms. The van der Waals surface area contributed by atoms with Crippen molar-refractivity contribution in [2.45, 2.75) is 25.8 Å². The molecular weight excluding hydrogens is 606 g/mol. The number of aromatic nitrogens is 2. The van der Waals surface area contributed by atoms with E-state index in [1.54, 1.807) is 12.1 Å². The van der Waals surface area contributed by atoms with Crippen LogP contribution in [0.3, 0.4) is 0 Å². The van der Waals surface area contributed by atoms with Gasteiger partial charge in [-0.3, -0.25) is 9.69 Å². The molecule has 9 nitrogen and oxygen atoms in total. The largest absolute Gasteiger partial charge is 0.371 e. The molecule has 2 aliphatic rings. The first-order valence-electron chi connectivity index (χ1n) is 13.5. The maximum Gasteiger partial charge on any atom is 0.229 e. The van der Waals surface area contributed by atoms with E-state index in [0.29, 0.717) is 49.9 Å². The normalized spacial score (nSPS) is 17.0. The third-order valence-corrected chi connectivity index (χ3v) is 8.76. The zero-order valence-corrected chi connectivity index (χ0v) is 25.9. The topological polar surface area (TPSA) is 88.7 Å². The number of halogens is 4. The van der Waals surface area contributed by atoms with E-state index in [2.05, 4.69) is 53.7 Å². The number of nitrogens with zero attached hydrogens (tertiary/aromatic N) is 5. The number of piperidine rings is 1. The smallest absolute Gasteiger partial charge is 0.229 e. The van der Waals surface area contributed by atoms with Crippen molar-refractivity contribution >= 4 is 86.8 Å². The van der Waals surface area contributed by atoms with Crippen LogP contribution in [0.15, 0.2) is 36.5 Å². The monoisotopic (exact) mass is 636 g/mol. The van der Waals surface area contributed by atoms with Crippen LogP contribution in [0.1, 0.15) is 19.8 Å². The molecule has 2 aliphatic heterocycles. The molecule has 0 saturated carbocycles. The molecule has 0 atom stereocenters. The Labute approximate surface area is 260 Å². The fourth-order valence-electron chi connectivity index (χ4n) is 5.18. The number of carbonyl (C=O) groups excluding carboxylic acids is 1. The summed E-state index contributed by atoms with van der Waals surface area (Å²) in [6.45, 7) is 8.01. The van der Waals surface area contributed by atoms with E-state index in [0.717, 1.165) is 57.8 Å². The van der Waals surface area contributed by atoms with Gasteiger partial charge in [0, 0.05) is 57.9 Å². The molecule has 2 fully saturated rings. The minimum atomic E-state index is -0.264. The summed E-state index contributed by atoms with van der Waals surface area (Å²) in [7, 11) is 2.19. The van der Waals surface area contributed by atoms with Crippen molar-refractivity contribution in [3.8, 4) is 0 Å². The number of amides is 1. The zero-order valence-electron chi connectivity index (χ0n) is 22.9. The van der Waals surface area contributed by atoms with Gasteiger partial charge >= 0.3 is 0 Å². The van der Waals surface area contributed by atoms with Gasteiger partial charge in [-0.15, -0.1) is 0 Å². The number of anilines is 6. The first kappa shape index (κ1) is 29.9. The van der Waals surface area contributed by atoms with Gasteiger partial charge in [-0.2, -0.15) is 4.98 Å². The van der Waals surface area contributed by atoms with Gasteiger partial charge in [0.2, 0.25) is 11.9 Å². The highest BCUT2D eigenvalue weighted by Gasteiger charge is 2.27. The first-order valence-corrected chi connectivity index (χ1v) is 15.0. The van der Waals surface area contributed by atoms with Crippen molar-refractivity contribution in [3.63, 3.8) is 0 Å². The fraction of sp³-hybridized carbons (Fsp3) is 0.393. The van der Waals surface area contributed by atoms with Crippen LogP contribution >= 0.6 is 46.4 Å². The fourth-order valence-corrected chi connectivity index (χ4v) is 5.87. The van der Waals surface area contributed by atoms with Gasteiger partial charge in [0.15, 0.2) is 5.82 Å². The van der Waals surface area contributed by atoms with Gasteiger partial charge in [0.05, 0.1) is 38.3 Å². The average molecular weight is 638 g/mol. The van der Waals surface area contributed by atoms with E-state index < -0.39 is 0 Å². The quantitative estimate of drug-likeness (QED) is 0.262. The standard InChI is InChI=1S/C28H32Cl4N8O/c1-17(41)34-25-14-20(29)21(30)15-26(25)35-27-23(32)16-33-28(37-27)36-24-4-3-19(13-22(24)31)39-7-5-18(6-8-39)40-11-9-38(2)10-12-40/h3-4,13-16,18H,5-12H2,1-2H3,(H,34,41)(H2,33,35,36,37). The maximum absolute atomic E-state index is 11.7. The Morgan fingerprint density at radius 1 is 0.829 bits per heavy atom. The molecule has 0 spiro atoms. The Morgan fingerprint density at radius 2 is 1.51 bits per heavy atom. The highest BCUT2D eigenvalue weighted by Crippen LogP contribution is 2.36. The van der Waals surface area contributed by atoms with Crippen LogP contribution in [0.5, 0.6) is 0 Å². The lowest BCUT2D eigenvalue weighted by atomic mass is 10.0. The molecule has 2 aromatic carbocycles. The van der Waals surface area contributed by atoms with Crippen molar-refractivity contribution in [1.82, 2.24) is 19.8 Å². The summed E-state index contributed by atoms with van der Waals surface area (Å²) in [5.41, 5.74) is 2.67. The Bertz CT molecular complexity index is 1410. The summed E-state index contributed by atoms with van der Waals surface area (Å²) in [6, 6.07) is 9.77. The van der Waals surface area contributed by atoms with Gasteiger partial charge in [-0.05, 0) is 50.2 Å². The first-order chi connectivity index (χ1) is 19.7. The van der Waals surface area contributed by atoms with E-state index in [4.69, 9.17) is 46.4 Å². The second kappa shape index (κ2) is 13.2. The molecule has 41 heavy (non-hydrogen) atoms. The van der Waals surface area contributed by atoms with Crippen molar-refractivity contribution in [2.24, 2.45) is 0 Å². The molecule has 0 radical (unpaired) electrons. The van der Waals surface area contributed by atoms with Crippen LogP contribution in [0.4, 0.5) is 34.5 Å². The molecule has 1 amide bonds. The summed E-state index contributed by atoms with van der Waals surface area (Å²) in [5.74, 6) is 0.339. The Kier molecular flexibility index (Phi) is 9.63. The number of benzene rings is 2. The van der Waals surface area contributed by atoms with Crippen molar-refractivity contribution in [1.29, 1.82) is 0 Å². The summed E-state index contributed by atoms with van der Waals surface area (Å²) >= 11 is 25.4. The summed E-state index contributed by atoms with van der Waals surface area (Å²) in [6.07, 6.45) is 3.78. The minimum absolute atomic E-state index is 0.264. The van der Waals surface area contributed by atoms with Gasteiger partial charge in [0.25, 0.3) is 0 Å². The summed E-state index contributed by atoms with van der Waals surface area (Å²) < 4.78 is 0. The van der Waals surface area contributed by atoms with E-state index in [1.807, 2.05) is 12.1 Å². The Hall–Kier alpha value is -2.53. The average Bonchev–Trinajstić information content (AvgIpc) is 2.94. The molecule has 0 bridgehead atoms. The number of hydrogen-bond acceptors (Lipinski definition) is 8. The van der Waals surface area contributed by atoms with E-state index in [1.165, 1.54) is 13.1 Å². The van der Waals surface area contributed by atoms with Gasteiger partial charge < -0.3 is 25.8 Å². The van der Waals surface area contributed by atoms with E-state index in [9.17, 15) is 4.79 Å². The van der Waals surface area contributed by atoms with Gasteiger partial charge in [0.1, 0.15) is 5.02 Å². The van der Waals surface area contributed by atoms with E-state index in [-0.39, 0.29) is 10.9 Å². The predicted molar refractivity (Wildman–Crippen MR) is 170 cm³/mol. The lowest BCUT2D eigenvalue weighted by Crippen LogP contribution is -2.52. The SMILES string of the molecule is CC(=O)Nc1cc(Cl)c(Cl)cc1Nc1nc(Nc2ccc(N3CCC(N4CCN(C)CC4)CC3)cc2Cl)ncc1Cl. The second-order valence-electron chi connectivity index (χ2n) is 10.4. The highest BCUT2D eigenvalue weighted by atomic mass is 35.5. The third-order valence-electron chi connectivity index (χ3n) is 7.45. The summed E-state index contributed by atoms with van der Waals surface area (Å²) in [4.78, 5) is 27.9.